The maximum Gasteiger partial charge on any atom is 0.339 e. The highest BCUT2D eigenvalue weighted by atomic mass is 32.2. The molecule has 6 heteroatoms. The zero-order valence-electron chi connectivity index (χ0n) is 11.4. The summed E-state index contributed by atoms with van der Waals surface area (Å²) in [7, 11) is -3.90. The average Bonchev–Trinajstić information content (AvgIpc) is 2.49. The van der Waals surface area contributed by atoms with Crippen molar-refractivity contribution in [1.29, 1.82) is 0 Å². The molecule has 21 heavy (non-hydrogen) atoms. The number of aryl methyl sites for hydroxylation is 1. The van der Waals surface area contributed by atoms with Crippen LogP contribution in [-0.2, 0) is 10.1 Å². The van der Waals surface area contributed by atoms with Gasteiger partial charge < -0.3 is 13.7 Å². The third kappa shape index (κ3) is 2.80. The molecule has 0 spiro atoms. The molecule has 0 bridgehead atoms. The van der Waals surface area contributed by atoms with E-state index in [9.17, 15) is 8.42 Å². The zero-order chi connectivity index (χ0) is 14.9. The molecular formula is C15H14O5S. The topological polar surface area (TPSA) is 61.8 Å². The van der Waals surface area contributed by atoms with Gasteiger partial charge in [0.1, 0.15) is 23.9 Å². The number of rotatable bonds is 3. The largest absolute Gasteiger partial charge is 0.486 e. The second-order valence-corrected chi connectivity index (χ2v) is 6.15. The second kappa shape index (κ2) is 5.29. The van der Waals surface area contributed by atoms with Gasteiger partial charge in [0.25, 0.3) is 0 Å². The third-order valence-electron chi connectivity index (χ3n) is 3.10. The number of hydrogen-bond donors (Lipinski definition) is 0. The molecule has 2 aromatic rings. The van der Waals surface area contributed by atoms with Crippen LogP contribution in [0.5, 0.6) is 17.2 Å². The summed E-state index contributed by atoms with van der Waals surface area (Å²) in [5.41, 5.74) is 0.749. The van der Waals surface area contributed by atoms with Crippen molar-refractivity contribution in [3.63, 3.8) is 0 Å². The Balaban J connectivity index is 1.93. The zero-order valence-corrected chi connectivity index (χ0v) is 12.2. The first kappa shape index (κ1) is 13.8. The van der Waals surface area contributed by atoms with Crippen LogP contribution in [-0.4, -0.2) is 21.6 Å². The summed E-state index contributed by atoms with van der Waals surface area (Å²) in [5.74, 6) is 1.26. The molecule has 0 amide bonds. The predicted octanol–water partition coefficient (Wildman–Crippen LogP) is 2.53. The number of ether oxygens (including phenoxy) is 2. The SMILES string of the molecule is Cc1ccccc1OS(=O)(=O)c1ccc2c(c1)OCCO2. The quantitative estimate of drug-likeness (QED) is 0.815. The Labute approximate surface area is 123 Å². The molecule has 110 valence electrons. The van der Waals surface area contributed by atoms with Gasteiger partial charge in [-0.3, -0.25) is 0 Å². The van der Waals surface area contributed by atoms with Crippen molar-refractivity contribution in [3.8, 4) is 17.2 Å². The number of benzene rings is 2. The van der Waals surface area contributed by atoms with Gasteiger partial charge in [-0.25, -0.2) is 0 Å². The van der Waals surface area contributed by atoms with E-state index >= 15 is 0 Å². The fourth-order valence-corrected chi connectivity index (χ4v) is 3.00. The summed E-state index contributed by atoms with van der Waals surface area (Å²) in [6, 6.07) is 11.4. The van der Waals surface area contributed by atoms with Crippen molar-refractivity contribution in [2.45, 2.75) is 11.8 Å². The fourth-order valence-electron chi connectivity index (χ4n) is 2.00. The van der Waals surface area contributed by atoms with Gasteiger partial charge in [0.2, 0.25) is 0 Å². The van der Waals surface area contributed by atoms with Gasteiger partial charge in [-0.1, -0.05) is 18.2 Å². The van der Waals surface area contributed by atoms with Crippen LogP contribution in [0.1, 0.15) is 5.56 Å². The molecule has 1 heterocycles. The Morgan fingerprint density at radius 2 is 1.71 bits per heavy atom. The Bertz CT molecular complexity index is 767. The van der Waals surface area contributed by atoms with Gasteiger partial charge in [0, 0.05) is 6.07 Å². The van der Waals surface area contributed by atoms with Gasteiger partial charge in [-0.15, -0.1) is 0 Å². The highest BCUT2D eigenvalue weighted by Crippen LogP contribution is 2.33. The number of fused-ring (bicyclic) bond motifs is 1. The Morgan fingerprint density at radius 3 is 2.48 bits per heavy atom. The lowest BCUT2D eigenvalue weighted by molar-refractivity contribution is 0.171. The van der Waals surface area contributed by atoms with E-state index in [1.165, 1.54) is 12.1 Å². The van der Waals surface area contributed by atoms with Crippen molar-refractivity contribution in [1.82, 2.24) is 0 Å². The van der Waals surface area contributed by atoms with Crippen molar-refractivity contribution >= 4 is 10.1 Å². The van der Waals surface area contributed by atoms with E-state index in [4.69, 9.17) is 13.7 Å². The summed E-state index contributed by atoms with van der Waals surface area (Å²) >= 11 is 0. The van der Waals surface area contributed by atoms with Crippen LogP contribution in [0, 0.1) is 6.92 Å². The van der Waals surface area contributed by atoms with E-state index in [1.807, 2.05) is 6.07 Å². The van der Waals surface area contributed by atoms with Crippen molar-refractivity contribution in [3.05, 3.63) is 48.0 Å². The fraction of sp³-hybridized carbons (Fsp3) is 0.200. The summed E-state index contributed by atoms with van der Waals surface area (Å²) in [6.45, 7) is 2.64. The molecule has 0 radical (unpaired) electrons. The van der Waals surface area contributed by atoms with E-state index in [-0.39, 0.29) is 4.90 Å². The average molecular weight is 306 g/mol. The van der Waals surface area contributed by atoms with Gasteiger partial charge in [-0.2, -0.15) is 8.42 Å². The molecule has 5 nitrogen and oxygen atoms in total. The monoisotopic (exact) mass is 306 g/mol. The lowest BCUT2D eigenvalue weighted by Gasteiger charge is -2.18. The molecule has 0 saturated heterocycles. The molecule has 0 atom stereocenters. The van der Waals surface area contributed by atoms with Crippen LogP contribution in [0.25, 0.3) is 0 Å². The summed E-state index contributed by atoms with van der Waals surface area (Å²) in [6.07, 6.45) is 0. The standard InChI is InChI=1S/C15H14O5S/c1-11-4-2-3-5-13(11)20-21(16,17)12-6-7-14-15(10-12)19-9-8-18-14/h2-7,10H,8-9H2,1H3. The van der Waals surface area contributed by atoms with Crippen LogP contribution in [0.2, 0.25) is 0 Å². The molecule has 0 aromatic heterocycles. The van der Waals surface area contributed by atoms with E-state index in [0.717, 1.165) is 5.56 Å². The Morgan fingerprint density at radius 1 is 1.00 bits per heavy atom. The summed E-state index contributed by atoms with van der Waals surface area (Å²) < 4.78 is 40.6. The summed E-state index contributed by atoms with van der Waals surface area (Å²) in [5, 5.41) is 0. The number of hydrogen-bond acceptors (Lipinski definition) is 5. The van der Waals surface area contributed by atoms with E-state index in [1.54, 1.807) is 31.2 Å². The van der Waals surface area contributed by atoms with Gasteiger partial charge in [0.15, 0.2) is 11.5 Å². The number of para-hydroxylation sites is 1. The van der Waals surface area contributed by atoms with Crippen LogP contribution >= 0.6 is 0 Å². The summed E-state index contributed by atoms with van der Waals surface area (Å²) in [4.78, 5) is 0.0370. The minimum Gasteiger partial charge on any atom is -0.486 e. The van der Waals surface area contributed by atoms with Crippen LogP contribution in [0.15, 0.2) is 47.4 Å². The van der Waals surface area contributed by atoms with Gasteiger partial charge in [-0.05, 0) is 30.7 Å². The first-order valence-corrected chi connectivity index (χ1v) is 7.87. The van der Waals surface area contributed by atoms with Crippen molar-refractivity contribution in [2.75, 3.05) is 13.2 Å². The van der Waals surface area contributed by atoms with E-state index < -0.39 is 10.1 Å². The minimum atomic E-state index is -3.90. The van der Waals surface area contributed by atoms with E-state index in [2.05, 4.69) is 0 Å². The molecular weight excluding hydrogens is 292 g/mol. The first-order chi connectivity index (χ1) is 10.1. The van der Waals surface area contributed by atoms with E-state index in [0.29, 0.717) is 30.5 Å². The smallest absolute Gasteiger partial charge is 0.339 e. The van der Waals surface area contributed by atoms with Crippen LogP contribution in [0.3, 0.4) is 0 Å². The van der Waals surface area contributed by atoms with Gasteiger partial charge in [0.05, 0.1) is 0 Å². The Hall–Kier alpha value is -2.21. The van der Waals surface area contributed by atoms with Crippen LogP contribution < -0.4 is 13.7 Å². The molecule has 2 aromatic carbocycles. The highest BCUT2D eigenvalue weighted by Gasteiger charge is 2.21. The minimum absolute atomic E-state index is 0.0370. The Kier molecular flexibility index (Phi) is 3.47. The molecule has 0 saturated carbocycles. The van der Waals surface area contributed by atoms with Gasteiger partial charge >= 0.3 is 10.1 Å². The third-order valence-corrected chi connectivity index (χ3v) is 4.33. The molecule has 0 N–H and O–H groups in total. The lowest BCUT2D eigenvalue weighted by Crippen LogP contribution is -2.16. The lowest BCUT2D eigenvalue weighted by atomic mass is 10.2. The van der Waals surface area contributed by atoms with Crippen molar-refractivity contribution in [2.24, 2.45) is 0 Å². The normalized spacial score (nSPS) is 13.8. The molecule has 3 rings (SSSR count). The maximum atomic E-state index is 12.3. The first-order valence-electron chi connectivity index (χ1n) is 6.46. The molecule has 1 aliphatic rings. The molecule has 0 fully saturated rings. The molecule has 0 aliphatic carbocycles. The predicted molar refractivity (Wildman–Crippen MR) is 76.4 cm³/mol. The molecule has 1 aliphatic heterocycles. The highest BCUT2D eigenvalue weighted by molar-refractivity contribution is 7.87. The van der Waals surface area contributed by atoms with Crippen LogP contribution in [0.4, 0.5) is 0 Å². The second-order valence-electron chi connectivity index (χ2n) is 4.61. The molecule has 0 unspecified atom stereocenters. The maximum absolute atomic E-state index is 12.3. The van der Waals surface area contributed by atoms with Crippen molar-refractivity contribution < 1.29 is 22.1 Å².